The van der Waals surface area contributed by atoms with E-state index in [4.69, 9.17) is 0 Å². The summed E-state index contributed by atoms with van der Waals surface area (Å²) in [7, 11) is 2.14. The van der Waals surface area contributed by atoms with Crippen LogP contribution in [0.1, 0.15) is 47.2 Å². The van der Waals surface area contributed by atoms with Gasteiger partial charge in [-0.15, -0.1) is 0 Å². The average Bonchev–Trinajstić information content (AvgIpc) is 3.16. The first-order valence-corrected chi connectivity index (χ1v) is 11.8. The molecule has 0 bridgehead atoms. The van der Waals surface area contributed by atoms with Crippen LogP contribution in [0.2, 0.25) is 0 Å². The van der Waals surface area contributed by atoms with Crippen molar-refractivity contribution < 1.29 is 0 Å². The van der Waals surface area contributed by atoms with Crippen LogP contribution in [-0.2, 0) is 12.5 Å². The van der Waals surface area contributed by atoms with Crippen molar-refractivity contribution in [3.05, 3.63) is 106 Å². The van der Waals surface area contributed by atoms with Gasteiger partial charge in [-0.1, -0.05) is 85.6 Å². The van der Waals surface area contributed by atoms with Gasteiger partial charge in [-0.05, 0) is 73.2 Å². The lowest BCUT2D eigenvalue weighted by molar-refractivity contribution is 0.659. The van der Waals surface area contributed by atoms with Crippen LogP contribution in [0, 0.1) is 27.7 Å². The van der Waals surface area contributed by atoms with E-state index in [9.17, 15) is 0 Å². The maximum Gasteiger partial charge on any atom is 0.0491 e. The molecule has 1 heteroatoms. The van der Waals surface area contributed by atoms with Crippen molar-refractivity contribution in [2.45, 2.75) is 47.0 Å². The number of rotatable bonds is 0. The Morgan fingerprint density at radius 2 is 0.879 bits per heavy atom. The fourth-order valence-corrected chi connectivity index (χ4v) is 5.39. The van der Waals surface area contributed by atoms with Crippen LogP contribution in [-0.4, -0.2) is 4.57 Å². The second-order valence-corrected chi connectivity index (χ2v) is 10.3. The van der Waals surface area contributed by atoms with E-state index in [1.165, 1.54) is 66.3 Å². The topological polar surface area (TPSA) is 4.93 Å². The van der Waals surface area contributed by atoms with E-state index in [0.717, 1.165) is 0 Å². The van der Waals surface area contributed by atoms with Gasteiger partial charge in [-0.2, -0.15) is 0 Å². The zero-order valence-corrected chi connectivity index (χ0v) is 20.9. The summed E-state index contributed by atoms with van der Waals surface area (Å²) in [5.41, 5.74) is 13.9. The first-order valence-electron chi connectivity index (χ1n) is 11.8. The van der Waals surface area contributed by atoms with E-state index in [1.54, 1.807) is 0 Å². The Balaban J connectivity index is 0.000000139. The van der Waals surface area contributed by atoms with Gasteiger partial charge in [0.1, 0.15) is 0 Å². The predicted molar refractivity (Wildman–Crippen MR) is 143 cm³/mol. The summed E-state index contributed by atoms with van der Waals surface area (Å²) in [4.78, 5) is 0. The highest BCUT2D eigenvalue weighted by atomic mass is 14.9. The minimum Gasteiger partial charge on any atom is -0.344 e. The van der Waals surface area contributed by atoms with Crippen molar-refractivity contribution in [1.82, 2.24) is 4.57 Å². The molecule has 0 aliphatic heterocycles. The summed E-state index contributed by atoms with van der Waals surface area (Å²) in [5.74, 6) is 0. The average molecular weight is 432 g/mol. The zero-order valence-electron chi connectivity index (χ0n) is 20.9. The Morgan fingerprint density at radius 1 is 0.515 bits per heavy atom. The third kappa shape index (κ3) is 3.47. The lowest BCUT2D eigenvalue weighted by atomic mass is 9.81. The molecule has 0 atom stereocenters. The van der Waals surface area contributed by atoms with Crippen molar-refractivity contribution >= 4 is 21.8 Å². The summed E-state index contributed by atoms with van der Waals surface area (Å²) in [5, 5.41) is 2.70. The highest BCUT2D eigenvalue weighted by Crippen LogP contribution is 2.48. The van der Waals surface area contributed by atoms with Gasteiger partial charge in [-0.3, -0.25) is 0 Å². The molecular weight excluding hydrogens is 398 g/mol. The third-order valence-electron chi connectivity index (χ3n) is 7.31. The van der Waals surface area contributed by atoms with Crippen LogP contribution in [0.15, 0.2) is 72.8 Å². The van der Waals surface area contributed by atoms with Crippen LogP contribution in [0.25, 0.3) is 32.9 Å². The minimum absolute atomic E-state index is 0.142. The largest absolute Gasteiger partial charge is 0.344 e. The van der Waals surface area contributed by atoms with Crippen LogP contribution in [0.3, 0.4) is 0 Å². The van der Waals surface area contributed by atoms with E-state index < -0.39 is 0 Å². The highest BCUT2D eigenvalue weighted by molar-refractivity contribution is 6.08. The molecule has 1 heterocycles. The molecule has 1 aliphatic carbocycles. The molecule has 0 amide bonds. The molecule has 0 fully saturated rings. The van der Waals surface area contributed by atoms with E-state index >= 15 is 0 Å². The minimum atomic E-state index is 0.142. The number of hydrogen-bond donors (Lipinski definition) is 0. The first-order chi connectivity index (χ1) is 15.7. The van der Waals surface area contributed by atoms with Gasteiger partial charge in [0.15, 0.2) is 0 Å². The van der Waals surface area contributed by atoms with Crippen LogP contribution < -0.4 is 0 Å². The molecular formula is C32H33N. The predicted octanol–water partition coefficient (Wildman–Crippen LogP) is 8.56. The Hall–Kier alpha value is -3.32. The Bertz CT molecular complexity index is 1420. The summed E-state index contributed by atoms with van der Waals surface area (Å²) in [6, 6.07) is 27.0. The molecule has 1 nitrogen and oxygen atoms in total. The first kappa shape index (κ1) is 21.5. The zero-order chi connectivity index (χ0) is 23.5. The van der Waals surface area contributed by atoms with Gasteiger partial charge in [-0.25, -0.2) is 0 Å². The van der Waals surface area contributed by atoms with E-state index in [2.05, 4.69) is 126 Å². The molecule has 0 unspecified atom stereocenters. The van der Waals surface area contributed by atoms with Gasteiger partial charge in [0, 0.05) is 34.3 Å². The smallest absolute Gasteiger partial charge is 0.0491 e. The Kier molecular flexibility index (Phi) is 4.97. The second kappa shape index (κ2) is 7.63. The number of benzene rings is 4. The molecule has 1 aromatic heterocycles. The second-order valence-electron chi connectivity index (χ2n) is 10.3. The molecule has 33 heavy (non-hydrogen) atoms. The Labute approximate surface area is 197 Å². The molecule has 6 rings (SSSR count). The summed E-state index contributed by atoms with van der Waals surface area (Å²) < 4.78 is 2.28. The fraction of sp³-hybridized carbons (Fsp3) is 0.250. The molecule has 166 valence electrons. The van der Waals surface area contributed by atoms with Gasteiger partial charge in [0.25, 0.3) is 0 Å². The van der Waals surface area contributed by atoms with Crippen molar-refractivity contribution in [2.24, 2.45) is 7.05 Å². The quantitative estimate of drug-likeness (QED) is 0.231. The standard InChI is InChI=1S/C17H18.C15H15N/c1-11-5-7-13-14-8-6-12(2)10-16(14)17(3,4)15(13)9-11;1-10-4-6-12-13-7-5-11(2)9-15(13)16(3)14(12)8-10/h5-10H,1-4H3;4-9H,1-3H3. The number of aromatic nitrogens is 1. The molecule has 0 saturated heterocycles. The monoisotopic (exact) mass is 431 g/mol. The number of nitrogens with zero attached hydrogens (tertiary/aromatic N) is 1. The van der Waals surface area contributed by atoms with Crippen LogP contribution in [0.5, 0.6) is 0 Å². The van der Waals surface area contributed by atoms with Crippen molar-refractivity contribution in [3.63, 3.8) is 0 Å². The van der Waals surface area contributed by atoms with Gasteiger partial charge in [0.05, 0.1) is 0 Å². The highest BCUT2D eigenvalue weighted by Gasteiger charge is 2.35. The van der Waals surface area contributed by atoms with Gasteiger partial charge < -0.3 is 4.57 Å². The summed E-state index contributed by atoms with van der Waals surface area (Å²) in [6.45, 7) is 13.3. The van der Waals surface area contributed by atoms with E-state index in [1.807, 2.05) is 0 Å². The van der Waals surface area contributed by atoms with E-state index in [0.29, 0.717) is 0 Å². The summed E-state index contributed by atoms with van der Waals surface area (Å²) in [6.07, 6.45) is 0. The van der Waals surface area contributed by atoms with Gasteiger partial charge >= 0.3 is 0 Å². The van der Waals surface area contributed by atoms with Crippen molar-refractivity contribution in [3.8, 4) is 11.1 Å². The van der Waals surface area contributed by atoms with Gasteiger partial charge in [0.2, 0.25) is 0 Å². The number of aryl methyl sites for hydroxylation is 5. The summed E-state index contributed by atoms with van der Waals surface area (Å²) >= 11 is 0. The lowest BCUT2D eigenvalue weighted by Crippen LogP contribution is -2.15. The normalized spacial score (nSPS) is 13.5. The Morgan fingerprint density at radius 3 is 1.30 bits per heavy atom. The third-order valence-corrected chi connectivity index (χ3v) is 7.31. The van der Waals surface area contributed by atoms with Crippen LogP contribution >= 0.6 is 0 Å². The molecule has 0 radical (unpaired) electrons. The van der Waals surface area contributed by atoms with Crippen molar-refractivity contribution in [2.75, 3.05) is 0 Å². The maximum atomic E-state index is 2.34. The molecule has 0 spiro atoms. The van der Waals surface area contributed by atoms with E-state index in [-0.39, 0.29) is 5.41 Å². The molecule has 0 saturated carbocycles. The number of hydrogen-bond acceptors (Lipinski definition) is 0. The molecule has 5 aromatic rings. The SMILES string of the molecule is Cc1ccc2c(c1)C(C)(C)c1cc(C)ccc1-2.Cc1ccc2c3ccc(C)cc3n(C)c2c1. The van der Waals surface area contributed by atoms with Crippen LogP contribution in [0.4, 0.5) is 0 Å². The molecule has 4 aromatic carbocycles. The molecule has 1 aliphatic rings. The number of fused-ring (bicyclic) bond motifs is 6. The molecule has 0 N–H and O–H groups in total. The van der Waals surface area contributed by atoms with Crippen molar-refractivity contribution in [1.29, 1.82) is 0 Å². The fourth-order valence-electron chi connectivity index (χ4n) is 5.39. The lowest BCUT2D eigenvalue weighted by Gasteiger charge is -2.22. The maximum absolute atomic E-state index is 2.34.